The summed E-state index contributed by atoms with van der Waals surface area (Å²) in [6.07, 6.45) is 8.74. The van der Waals surface area contributed by atoms with Crippen molar-refractivity contribution in [3.05, 3.63) is 441 Å². The first-order valence-corrected chi connectivity index (χ1v) is 45.9. The van der Waals surface area contributed by atoms with E-state index < -0.39 is 43.3 Å². The summed E-state index contributed by atoms with van der Waals surface area (Å²) >= 11 is 33.4. The first kappa shape index (κ1) is 99.6. The van der Waals surface area contributed by atoms with E-state index in [4.69, 9.17) is 126 Å². The molecule has 2 aliphatic rings. The van der Waals surface area contributed by atoms with E-state index in [1.165, 1.54) is 44.7 Å². The molecule has 0 fully saturated rings. The predicted molar refractivity (Wildman–Crippen MR) is 493 cm³/mol. The first-order chi connectivity index (χ1) is 57.0. The second-order valence-corrected chi connectivity index (χ2v) is 36.9. The van der Waals surface area contributed by atoms with Gasteiger partial charge >= 0.3 is 58.8 Å². The number of carbonyl (C=O) groups excluding carboxylic acids is 2. The van der Waals surface area contributed by atoms with Crippen LogP contribution in [0.1, 0.15) is 126 Å². The van der Waals surface area contributed by atoms with E-state index in [1.807, 2.05) is 158 Å². The van der Waals surface area contributed by atoms with Crippen molar-refractivity contribution < 1.29 is 80.5 Å². The number of aldehydes is 1. The largest absolute Gasteiger partial charge is 1.00 e. The molecule has 2 unspecified atom stereocenters. The summed E-state index contributed by atoms with van der Waals surface area (Å²) in [6, 6.07) is 102. The molecule has 23 heteroatoms. The number of ketones is 1. The maximum atomic E-state index is 12.4. The second kappa shape index (κ2) is 54.2. The fourth-order valence-electron chi connectivity index (χ4n) is 12.7. The van der Waals surface area contributed by atoms with Gasteiger partial charge in [0.1, 0.15) is 0 Å². The van der Waals surface area contributed by atoms with Crippen molar-refractivity contribution in [1.82, 2.24) is 0 Å². The minimum atomic E-state index is -1.72. The molecule has 0 saturated carbocycles. The van der Waals surface area contributed by atoms with Crippen molar-refractivity contribution in [2.45, 2.75) is 56.4 Å². The minimum Gasteiger partial charge on any atom is -0.857 e. The molecule has 2 atom stereocenters. The van der Waals surface area contributed by atoms with Crippen molar-refractivity contribution in [1.29, 1.82) is 0 Å². The van der Waals surface area contributed by atoms with Crippen LogP contribution in [0.2, 0.25) is 25.1 Å². The van der Waals surface area contributed by atoms with E-state index in [0.717, 1.165) is 99.3 Å². The molecule has 0 aromatic heterocycles. The standard InChI is InChI=1S/C18H15P.C17H18ClNO.C15H13ClO2.C15H11ClO2.C15H11ClO.C8H6O3.C7H6Cl2.CH3O.Al.3ClH.Na.H2/c1-4-10-16(11-5-1)19(17-12-6-2-7-13-17)18-14-8-3-9-15-18;18-13-7-8-15-12(9-13)6-5-11-3-1-2-4-14(11)17(15)16(20)10-19;2*16-13-6-3-4-11(10-13)8-9-12-5-1-2-7-14(12)15(17)18;16-12-7-8-14-11(9-12)6-5-10-3-1-2-4-13(10)15(14)17;9-5-6-3-1-2-4-7(6)8(10)11;8-5-6-2-1-3-7(9)4-6;1-2;;;;;;/h1-15H;1-4,7-9,16-17,20H,5-6,10,19H2;1-7,10H,8-9H2,(H,17,18);1-10H,(H,17,18);1-4,7-9H,5-6H2;1-5H,(H,10,11);1-4H,5H2;1H3;;3*1H;;1H/q;;;;;;;-1;+3;;;;+1;/p-3/b;;;9-8+;;;;;;;;;;. The van der Waals surface area contributed by atoms with Crippen molar-refractivity contribution in [2.75, 3.05) is 13.7 Å². The molecule has 119 heavy (non-hydrogen) atoms. The molecule has 0 saturated heterocycles. The number of rotatable bonds is 15. The number of hydrogen-bond donors (Lipinski definition) is 5. The summed E-state index contributed by atoms with van der Waals surface area (Å²) in [5, 5.41) is 53.1. The number of benzene rings is 13. The van der Waals surface area contributed by atoms with Crippen molar-refractivity contribution in [2.24, 2.45) is 5.73 Å². The average molecular weight is 1810 g/mol. The molecule has 0 spiro atoms. The van der Waals surface area contributed by atoms with Gasteiger partial charge in [-0.05, 0) is 208 Å². The van der Waals surface area contributed by atoms with Gasteiger partial charge in [-0.25, -0.2) is 44.5 Å². The third-order valence-electron chi connectivity index (χ3n) is 18.1. The average Bonchev–Trinajstić information content (AvgIpc) is 1.68. The summed E-state index contributed by atoms with van der Waals surface area (Å²) < 4.78 is 0. The minimum absolute atomic E-state index is 0. The Morgan fingerprint density at radius 3 is 1.37 bits per heavy atom. The fourth-order valence-corrected chi connectivity index (χ4v) is 16.1. The summed E-state index contributed by atoms with van der Waals surface area (Å²) in [5.74, 6) is -2.30. The van der Waals surface area contributed by atoms with E-state index in [1.54, 1.807) is 60.7 Å². The molecular weight excluding hydrogens is 1730 g/mol. The van der Waals surface area contributed by atoms with E-state index in [0.29, 0.717) is 44.8 Å². The van der Waals surface area contributed by atoms with Crippen molar-refractivity contribution in [3.8, 4) is 0 Å². The van der Waals surface area contributed by atoms with Gasteiger partial charge in [-0.15, -0.1) is 11.6 Å². The number of fused-ring (bicyclic) bond motifs is 4. The van der Waals surface area contributed by atoms with Gasteiger partial charge < -0.3 is 31.3 Å². The van der Waals surface area contributed by atoms with Gasteiger partial charge in [0, 0.05) is 61.6 Å². The normalized spacial score (nSPS) is 11.8. The van der Waals surface area contributed by atoms with Crippen LogP contribution in [0.4, 0.5) is 0 Å². The summed E-state index contributed by atoms with van der Waals surface area (Å²) in [5.41, 5.74) is 19.9. The van der Waals surface area contributed by atoms with Crippen molar-refractivity contribution >= 4 is 177 Å². The van der Waals surface area contributed by atoms with Crippen LogP contribution >= 0.6 is 108 Å². The Morgan fingerprint density at radius 2 is 0.849 bits per heavy atom. The second-order valence-electron chi connectivity index (χ2n) is 25.8. The number of aliphatic hydroxyl groups is 1. The number of carboxylic acids is 3. The number of carboxylic acid groups (broad SMARTS) is 3. The molecule has 0 amide bonds. The predicted octanol–water partition coefficient (Wildman–Crippen LogP) is 20.2. The maximum Gasteiger partial charge on any atom is 1.00 e. The molecule has 0 radical (unpaired) electrons. The smallest absolute Gasteiger partial charge is 0.857 e. The van der Waals surface area contributed by atoms with E-state index in [2.05, 4.69) is 103 Å². The fraction of sp³-hybridized carbons (Fsp3) is 0.115. The number of aliphatic hydroxyl groups excluding tert-OH is 1. The van der Waals surface area contributed by atoms with Crippen LogP contribution in [0.15, 0.2) is 322 Å². The van der Waals surface area contributed by atoms with Crippen LogP contribution in [0, 0.1) is 0 Å². The Balaban J connectivity index is 0.000000248. The topological polar surface area (TPSA) is 215 Å². The van der Waals surface area contributed by atoms with Crippen molar-refractivity contribution in [3.63, 3.8) is 0 Å². The molecule has 0 bridgehead atoms. The van der Waals surface area contributed by atoms with Crippen LogP contribution in [0.3, 0.4) is 0 Å². The van der Waals surface area contributed by atoms with Gasteiger partial charge in [-0.1, -0.05) is 307 Å². The quantitative estimate of drug-likeness (QED) is 0.0214. The number of hydrogen-bond acceptors (Lipinski definition) is 8. The summed E-state index contributed by atoms with van der Waals surface area (Å²) in [6.45, 7) is 0.251. The SMILES string of the molecule is C[O-].ClCc1cccc(Cl)c1.NCC(O)C1c2ccccc2CCc2cc(Cl)ccc21.O=C(O)c1ccccc1/C=C/c1cccc(Cl)c1.O=C(O)c1ccccc1CCc1cccc(Cl)c1.O=C1c2ccccc2CCc2cc(Cl)ccc21.O=Cc1ccccc1C(=O)O.[Cl][Al]([Cl])[Cl].[HH].[Na+].c1ccc(P(c2ccccc2)c2ccccc2)cc1. The zero-order valence-electron chi connectivity index (χ0n) is 64.9. The van der Waals surface area contributed by atoms with Gasteiger partial charge in [-0.2, -0.15) is 7.11 Å². The van der Waals surface area contributed by atoms with Crippen LogP contribution in [-0.4, -0.2) is 81.5 Å². The molecule has 0 aliphatic heterocycles. The van der Waals surface area contributed by atoms with Gasteiger partial charge in [-0.3, -0.25) is 9.59 Å². The summed E-state index contributed by atoms with van der Waals surface area (Å²) in [7, 11) is 15.1. The van der Waals surface area contributed by atoms with Gasteiger partial charge in [0.2, 0.25) is 0 Å². The number of alkyl halides is 1. The Labute approximate surface area is 767 Å². The van der Waals surface area contributed by atoms with Crippen LogP contribution in [0.5, 0.6) is 0 Å². The molecular formula is C96H85AlCl9NNaO10P. The zero-order chi connectivity index (χ0) is 85.3. The van der Waals surface area contributed by atoms with Gasteiger partial charge in [0.25, 0.3) is 0 Å². The molecule has 13 aromatic carbocycles. The Morgan fingerprint density at radius 1 is 0.445 bits per heavy atom. The number of carbonyl (C=O) groups is 5. The van der Waals surface area contributed by atoms with Crippen LogP contribution in [-0.2, 0) is 44.4 Å². The Hall–Kier alpha value is -8.20. The number of aromatic carboxylic acids is 3. The monoisotopic (exact) mass is 1810 g/mol. The van der Waals surface area contributed by atoms with Gasteiger partial charge in [0.15, 0.2) is 12.1 Å². The Bertz CT molecular complexity index is 5320. The molecule has 2 aliphatic carbocycles. The van der Waals surface area contributed by atoms with Crippen LogP contribution in [0.25, 0.3) is 12.2 Å². The first-order valence-electron chi connectivity index (χ1n) is 36.9. The van der Waals surface area contributed by atoms with E-state index in [9.17, 15) is 29.1 Å². The third-order valence-corrected chi connectivity index (χ3v) is 22.0. The maximum absolute atomic E-state index is 12.4. The van der Waals surface area contributed by atoms with E-state index in [-0.39, 0.29) is 65.9 Å². The van der Waals surface area contributed by atoms with E-state index >= 15 is 0 Å². The molecule has 15 rings (SSSR count). The Kier molecular flexibility index (Phi) is 45.4. The third kappa shape index (κ3) is 32.9. The molecule has 606 valence electrons. The molecule has 11 nitrogen and oxygen atoms in total. The summed E-state index contributed by atoms with van der Waals surface area (Å²) in [4.78, 5) is 55.2. The van der Waals surface area contributed by atoms with Crippen LogP contribution < -0.4 is 56.3 Å². The zero-order valence-corrected chi connectivity index (χ0v) is 75.7. The molecule has 6 N–H and O–H groups in total. The molecule has 0 heterocycles. The number of nitrogens with two attached hydrogens (primary N) is 1. The molecule has 13 aromatic rings. The van der Waals surface area contributed by atoms with Gasteiger partial charge in [0.05, 0.1) is 22.8 Å². The number of halogens is 9. The number of aryl methyl sites for hydroxylation is 6.